The molecule has 1 aliphatic rings. The number of nitrogens with one attached hydrogen (secondary N) is 2. The molecule has 0 radical (unpaired) electrons. The zero-order valence-corrected chi connectivity index (χ0v) is 21.8. The second-order valence-corrected chi connectivity index (χ2v) is 10.1. The van der Waals surface area contributed by atoms with Gasteiger partial charge in [0.2, 0.25) is 0 Å². The van der Waals surface area contributed by atoms with E-state index in [0.717, 1.165) is 58.6 Å². The summed E-state index contributed by atoms with van der Waals surface area (Å²) in [5.41, 5.74) is 7.83. The first-order valence-electron chi connectivity index (χ1n) is 12.9. The van der Waals surface area contributed by atoms with E-state index in [4.69, 9.17) is 0 Å². The number of rotatable bonds is 7. The molecule has 188 valence electrons. The van der Waals surface area contributed by atoms with Crippen LogP contribution in [0.4, 0.5) is 11.4 Å². The topological polar surface area (TPSA) is 71.0 Å². The minimum absolute atomic E-state index is 0.518. The van der Waals surface area contributed by atoms with Crippen LogP contribution in [0, 0.1) is 18.3 Å². The van der Waals surface area contributed by atoms with Gasteiger partial charge in [-0.3, -0.25) is 9.88 Å². The van der Waals surface area contributed by atoms with Crippen LogP contribution in [0.25, 0.3) is 23.1 Å². The molecule has 0 spiro atoms. The maximum atomic E-state index is 9.76. The Bertz CT molecular complexity index is 1430. The number of aromatic amines is 1. The molecule has 0 bridgehead atoms. The third-order valence-corrected chi connectivity index (χ3v) is 7.49. The highest BCUT2D eigenvalue weighted by Gasteiger charge is 2.20. The number of nitriles is 1. The molecular formula is C31H34N6. The third-order valence-electron chi connectivity index (χ3n) is 7.49. The van der Waals surface area contributed by atoms with E-state index in [2.05, 4.69) is 94.6 Å². The van der Waals surface area contributed by atoms with Gasteiger partial charge >= 0.3 is 0 Å². The number of fused-ring (bicyclic) bond motifs is 1. The largest absolute Gasteiger partial charge is 0.361 e. The van der Waals surface area contributed by atoms with Crippen molar-refractivity contribution >= 4 is 34.4 Å². The fourth-order valence-corrected chi connectivity index (χ4v) is 5.15. The highest BCUT2D eigenvalue weighted by molar-refractivity contribution is 5.90. The van der Waals surface area contributed by atoms with E-state index in [0.29, 0.717) is 11.6 Å². The normalized spacial score (nSPS) is 15.0. The van der Waals surface area contributed by atoms with Gasteiger partial charge in [-0.05, 0) is 81.8 Å². The second kappa shape index (κ2) is 11.0. The second-order valence-electron chi connectivity index (χ2n) is 10.1. The van der Waals surface area contributed by atoms with Crippen LogP contribution >= 0.6 is 0 Å². The lowest BCUT2D eigenvalue weighted by molar-refractivity contribution is 0.140. The molecule has 1 aliphatic heterocycles. The highest BCUT2D eigenvalue weighted by Crippen LogP contribution is 2.31. The van der Waals surface area contributed by atoms with Crippen LogP contribution in [0.5, 0.6) is 0 Å². The Morgan fingerprint density at radius 2 is 1.86 bits per heavy atom. The number of hydrogen-bond acceptors (Lipinski definition) is 5. The van der Waals surface area contributed by atoms with Crippen molar-refractivity contribution < 1.29 is 0 Å². The smallest absolute Gasteiger partial charge is 0.103 e. The van der Waals surface area contributed by atoms with Crippen LogP contribution in [0.3, 0.4) is 0 Å². The number of benzene rings is 2. The van der Waals surface area contributed by atoms with Crippen molar-refractivity contribution in [2.75, 3.05) is 32.5 Å². The summed E-state index contributed by atoms with van der Waals surface area (Å²) in [6, 6.07) is 17.9. The van der Waals surface area contributed by atoms with Crippen LogP contribution < -0.4 is 5.32 Å². The Morgan fingerprint density at radius 3 is 2.59 bits per heavy atom. The van der Waals surface area contributed by atoms with Crippen molar-refractivity contribution in [1.82, 2.24) is 19.8 Å². The summed E-state index contributed by atoms with van der Waals surface area (Å²) in [5.74, 6) is 0. The molecule has 2 N–H and O–H groups in total. The molecule has 0 saturated carbocycles. The zero-order chi connectivity index (χ0) is 25.8. The van der Waals surface area contributed by atoms with Crippen molar-refractivity contribution in [2.45, 2.75) is 32.4 Å². The van der Waals surface area contributed by atoms with E-state index >= 15 is 0 Å². The zero-order valence-electron chi connectivity index (χ0n) is 21.8. The van der Waals surface area contributed by atoms with E-state index in [-0.39, 0.29) is 0 Å². The molecule has 0 unspecified atom stereocenters. The standard InChI is InChI=1S/C31H34N6/c1-22-28-12-15-34-30(28)11-10-29(22)35-31-25(19-33-20-26(31)18-32)9-8-23-4-6-24(7-5-23)21-37-16-13-27(14-17-37)36(2)3/h4-12,15,19-20,27,34H,13-14,16-17,21H2,1-3H3,(H,33,35)/b9-8+. The van der Waals surface area contributed by atoms with Crippen molar-refractivity contribution in [3.05, 3.63) is 88.9 Å². The average molecular weight is 491 g/mol. The SMILES string of the molecule is Cc1c(Nc2c(C#N)cncc2/C=C/c2ccc(CN3CCC(N(C)C)CC3)cc2)ccc2[nH]ccc12. The minimum atomic E-state index is 0.518. The predicted octanol–water partition coefficient (Wildman–Crippen LogP) is 6.18. The molecule has 6 nitrogen and oxygen atoms in total. The maximum absolute atomic E-state index is 9.76. The first kappa shape index (κ1) is 24.8. The Morgan fingerprint density at radius 1 is 1.08 bits per heavy atom. The average Bonchev–Trinajstić information content (AvgIpc) is 3.40. The van der Waals surface area contributed by atoms with Gasteiger partial charge in [0, 0.05) is 53.3 Å². The van der Waals surface area contributed by atoms with Gasteiger partial charge in [0.05, 0.1) is 11.3 Å². The summed E-state index contributed by atoms with van der Waals surface area (Å²) < 4.78 is 0. The van der Waals surface area contributed by atoms with Gasteiger partial charge < -0.3 is 15.2 Å². The van der Waals surface area contributed by atoms with Crippen LogP contribution in [0.2, 0.25) is 0 Å². The number of H-pyrrole nitrogens is 1. The summed E-state index contributed by atoms with van der Waals surface area (Å²) in [5, 5.41) is 14.4. The van der Waals surface area contributed by atoms with E-state index in [1.807, 2.05) is 18.3 Å². The van der Waals surface area contributed by atoms with Gasteiger partial charge in [-0.1, -0.05) is 36.4 Å². The van der Waals surface area contributed by atoms with Gasteiger partial charge in [0.25, 0.3) is 0 Å². The summed E-state index contributed by atoms with van der Waals surface area (Å²) >= 11 is 0. The third kappa shape index (κ3) is 5.59. The lowest BCUT2D eigenvalue weighted by atomic mass is 10.0. The molecule has 0 aliphatic carbocycles. The predicted molar refractivity (Wildman–Crippen MR) is 153 cm³/mol. The Balaban J connectivity index is 1.30. The van der Waals surface area contributed by atoms with Gasteiger partial charge in [-0.15, -0.1) is 0 Å². The Kier molecular flexibility index (Phi) is 7.36. The monoisotopic (exact) mass is 490 g/mol. The van der Waals surface area contributed by atoms with Crippen molar-refractivity contribution in [3.63, 3.8) is 0 Å². The van der Waals surface area contributed by atoms with E-state index in [1.54, 1.807) is 12.4 Å². The summed E-state index contributed by atoms with van der Waals surface area (Å²) in [6.45, 7) is 5.39. The number of aromatic nitrogens is 2. The number of anilines is 2. The quantitative estimate of drug-likeness (QED) is 0.324. The number of likely N-dealkylation sites (tertiary alicyclic amines) is 1. The van der Waals surface area contributed by atoms with Crippen LogP contribution in [-0.4, -0.2) is 53.0 Å². The number of piperidine rings is 1. The lowest BCUT2D eigenvalue weighted by Crippen LogP contribution is -2.41. The molecule has 1 fully saturated rings. The molecule has 1 saturated heterocycles. The lowest BCUT2D eigenvalue weighted by Gasteiger charge is -2.35. The van der Waals surface area contributed by atoms with E-state index in [9.17, 15) is 5.26 Å². The van der Waals surface area contributed by atoms with Gasteiger partial charge in [-0.25, -0.2) is 0 Å². The Labute approximate surface area is 219 Å². The van der Waals surface area contributed by atoms with Crippen LogP contribution in [0.15, 0.2) is 61.1 Å². The number of hydrogen-bond donors (Lipinski definition) is 2. The highest BCUT2D eigenvalue weighted by atomic mass is 15.2. The van der Waals surface area contributed by atoms with Crippen LogP contribution in [-0.2, 0) is 6.54 Å². The van der Waals surface area contributed by atoms with E-state index in [1.165, 1.54) is 18.4 Å². The molecule has 0 amide bonds. The maximum Gasteiger partial charge on any atom is 0.103 e. The summed E-state index contributed by atoms with van der Waals surface area (Å²) in [6.07, 6.45) is 11.9. The van der Waals surface area contributed by atoms with Crippen molar-refractivity contribution in [3.8, 4) is 6.07 Å². The van der Waals surface area contributed by atoms with Gasteiger partial charge in [-0.2, -0.15) is 5.26 Å². The molecule has 0 atom stereocenters. The van der Waals surface area contributed by atoms with Crippen LogP contribution in [0.1, 0.15) is 40.7 Å². The molecule has 2 aromatic carbocycles. The van der Waals surface area contributed by atoms with Gasteiger partial charge in [0.15, 0.2) is 0 Å². The molecule has 3 heterocycles. The summed E-state index contributed by atoms with van der Waals surface area (Å²) in [7, 11) is 4.36. The molecule has 6 heteroatoms. The number of pyridine rings is 1. The fourth-order valence-electron chi connectivity index (χ4n) is 5.15. The fraction of sp³-hybridized carbons (Fsp3) is 0.290. The molecular weight excluding hydrogens is 456 g/mol. The first-order chi connectivity index (χ1) is 18.0. The molecule has 2 aromatic heterocycles. The minimum Gasteiger partial charge on any atom is -0.361 e. The van der Waals surface area contributed by atoms with Gasteiger partial charge in [0.1, 0.15) is 6.07 Å². The van der Waals surface area contributed by atoms with Crippen molar-refractivity contribution in [1.29, 1.82) is 5.26 Å². The number of nitrogens with zero attached hydrogens (tertiary/aromatic N) is 4. The Hall–Kier alpha value is -3.92. The summed E-state index contributed by atoms with van der Waals surface area (Å²) in [4.78, 5) is 12.5. The first-order valence-corrected chi connectivity index (χ1v) is 12.9. The molecule has 37 heavy (non-hydrogen) atoms. The number of aryl methyl sites for hydroxylation is 1. The van der Waals surface area contributed by atoms with E-state index < -0.39 is 0 Å². The molecule has 4 aromatic rings. The van der Waals surface area contributed by atoms with Crippen molar-refractivity contribution in [2.24, 2.45) is 0 Å². The molecule has 5 rings (SSSR count).